The minimum absolute atomic E-state index is 0.00182. The number of pyridine rings is 1. The first kappa shape index (κ1) is 15.8. The van der Waals surface area contributed by atoms with Crippen molar-refractivity contribution in [2.24, 2.45) is 0 Å². The molecule has 0 unspecified atom stereocenters. The van der Waals surface area contributed by atoms with Gasteiger partial charge in [0.2, 0.25) is 5.91 Å². The van der Waals surface area contributed by atoms with Crippen LogP contribution >= 0.6 is 0 Å². The second kappa shape index (κ2) is 6.98. The van der Waals surface area contributed by atoms with Crippen LogP contribution in [0.3, 0.4) is 0 Å². The van der Waals surface area contributed by atoms with Gasteiger partial charge in [0.1, 0.15) is 11.9 Å². The van der Waals surface area contributed by atoms with E-state index in [9.17, 15) is 9.59 Å². The number of hydrogen-bond donors (Lipinski definition) is 2. The van der Waals surface area contributed by atoms with Crippen molar-refractivity contribution in [3.05, 3.63) is 23.9 Å². The standard InChI is InChI=1S/C17H24N4O2/c1-12(17(23)21-9-3-2-4-10-21)19-16(22)13-5-8-15(18-11-13)20-14-6-7-14/h5,8,11-12,14H,2-4,6-7,9-10H2,1H3,(H,18,20)(H,19,22)/t12-/m0/s1. The molecule has 6 nitrogen and oxygen atoms in total. The van der Waals surface area contributed by atoms with Crippen LogP contribution < -0.4 is 10.6 Å². The number of hydrogen-bond acceptors (Lipinski definition) is 4. The van der Waals surface area contributed by atoms with Crippen LogP contribution in [0.25, 0.3) is 0 Å². The predicted molar refractivity (Wildman–Crippen MR) is 88.2 cm³/mol. The SMILES string of the molecule is C[C@H](NC(=O)c1ccc(NC2CC2)nc1)C(=O)N1CCCCC1. The molecule has 2 heterocycles. The summed E-state index contributed by atoms with van der Waals surface area (Å²) in [6.45, 7) is 3.33. The number of nitrogens with one attached hydrogen (secondary N) is 2. The molecule has 23 heavy (non-hydrogen) atoms. The molecule has 2 N–H and O–H groups in total. The molecule has 1 saturated heterocycles. The van der Waals surface area contributed by atoms with Crippen molar-refractivity contribution in [1.82, 2.24) is 15.2 Å². The molecule has 1 saturated carbocycles. The van der Waals surface area contributed by atoms with Crippen LogP contribution in [0.4, 0.5) is 5.82 Å². The lowest BCUT2D eigenvalue weighted by atomic mass is 10.1. The molecule has 1 atom stereocenters. The summed E-state index contributed by atoms with van der Waals surface area (Å²) in [5, 5.41) is 6.06. The molecule has 6 heteroatoms. The van der Waals surface area contributed by atoms with Gasteiger partial charge in [-0.3, -0.25) is 9.59 Å². The third-order valence-electron chi connectivity index (χ3n) is 4.34. The molecule has 0 aromatic carbocycles. The van der Waals surface area contributed by atoms with Crippen molar-refractivity contribution in [3.63, 3.8) is 0 Å². The third-order valence-corrected chi connectivity index (χ3v) is 4.34. The Hall–Kier alpha value is -2.11. The lowest BCUT2D eigenvalue weighted by molar-refractivity contribution is -0.133. The fourth-order valence-corrected chi connectivity index (χ4v) is 2.78. The van der Waals surface area contributed by atoms with Crippen LogP contribution in [0, 0.1) is 0 Å². The van der Waals surface area contributed by atoms with E-state index in [0.717, 1.165) is 31.7 Å². The molecule has 1 aromatic rings. The highest BCUT2D eigenvalue weighted by Gasteiger charge is 2.24. The number of carbonyl (C=O) groups is 2. The Morgan fingerprint density at radius 3 is 2.57 bits per heavy atom. The fourth-order valence-electron chi connectivity index (χ4n) is 2.78. The highest BCUT2D eigenvalue weighted by Crippen LogP contribution is 2.23. The first-order valence-corrected chi connectivity index (χ1v) is 8.46. The van der Waals surface area contributed by atoms with E-state index < -0.39 is 6.04 Å². The van der Waals surface area contributed by atoms with E-state index in [1.165, 1.54) is 19.3 Å². The number of likely N-dealkylation sites (tertiary alicyclic amines) is 1. The first-order chi connectivity index (χ1) is 11.1. The molecule has 0 bridgehead atoms. The van der Waals surface area contributed by atoms with Crippen molar-refractivity contribution < 1.29 is 9.59 Å². The molecule has 3 rings (SSSR count). The highest BCUT2D eigenvalue weighted by atomic mass is 16.2. The first-order valence-electron chi connectivity index (χ1n) is 8.46. The normalized spacial score (nSPS) is 19.1. The van der Waals surface area contributed by atoms with Gasteiger partial charge in [0.05, 0.1) is 5.56 Å². The maximum atomic E-state index is 12.3. The summed E-state index contributed by atoms with van der Waals surface area (Å²) in [5.74, 6) is 0.535. The van der Waals surface area contributed by atoms with E-state index in [-0.39, 0.29) is 11.8 Å². The maximum absolute atomic E-state index is 12.3. The Morgan fingerprint density at radius 2 is 1.96 bits per heavy atom. The predicted octanol–water partition coefficient (Wildman–Crippen LogP) is 1.79. The molecule has 0 radical (unpaired) electrons. The highest BCUT2D eigenvalue weighted by molar-refractivity contribution is 5.97. The smallest absolute Gasteiger partial charge is 0.253 e. The van der Waals surface area contributed by atoms with Crippen molar-refractivity contribution in [3.8, 4) is 0 Å². The molecule has 2 fully saturated rings. The van der Waals surface area contributed by atoms with Gasteiger partial charge in [0.15, 0.2) is 0 Å². The van der Waals surface area contributed by atoms with E-state index in [2.05, 4.69) is 15.6 Å². The van der Waals surface area contributed by atoms with Gasteiger partial charge in [-0.1, -0.05) is 0 Å². The Bertz CT molecular complexity index is 562. The van der Waals surface area contributed by atoms with Crippen molar-refractivity contribution in [2.75, 3.05) is 18.4 Å². The Morgan fingerprint density at radius 1 is 1.22 bits per heavy atom. The van der Waals surface area contributed by atoms with E-state index in [1.807, 2.05) is 11.0 Å². The number of carbonyl (C=O) groups excluding carboxylic acids is 2. The molecule has 2 aliphatic rings. The van der Waals surface area contributed by atoms with Gasteiger partial charge in [-0.2, -0.15) is 0 Å². The largest absolute Gasteiger partial charge is 0.367 e. The van der Waals surface area contributed by atoms with Crippen LogP contribution in [0.15, 0.2) is 18.3 Å². The zero-order valence-corrected chi connectivity index (χ0v) is 13.5. The zero-order chi connectivity index (χ0) is 16.2. The minimum Gasteiger partial charge on any atom is -0.367 e. The van der Waals surface area contributed by atoms with Gasteiger partial charge < -0.3 is 15.5 Å². The van der Waals surface area contributed by atoms with Crippen molar-refractivity contribution >= 4 is 17.6 Å². The number of aromatic nitrogens is 1. The van der Waals surface area contributed by atoms with Gasteiger partial charge in [-0.05, 0) is 51.2 Å². The molecule has 0 spiro atoms. The van der Waals surface area contributed by atoms with Crippen molar-refractivity contribution in [2.45, 2.75) is 51.1 Å². The maximum Gasteiger partial charge on any atom is 0.253 e. The topological polar surface area (TPSA) is 74.3 Å². The monoisotopic (exact) mass is 316 g/mol. The van der Waals surface area contributed by atoms with Crippen LogP contribution in [-0.2, 0) is 4.79 Å². The summed E-state index contributed by atoms with van der Waals surface area (Å²) < 4.78 is 0. The quantitative estimate of drug-likeness (QED) is 0.868. The van der Waals surface area contributed by atoms with E-state index >= 15 is 0 Å². The number of anilines is 1. The summed E-state index contributed by atoms with van der Waals surface area (Å²) >= 11 is 0. The number of nitrogens with zero attached hydrogens (tertiary/aromatic N) is 2. The lowest BCUT2D eigenvalue weighted by Gasteiger charge is -2.29. The third kappa shape index (κ3) is 4.21. The Balaban J connectivity index is 1.53. The van der Waals surface area contributed by atoms with Crippen LogP contribution in [0.1, 0.15) is 49.4 Å². The van der Waals surface area contributed by atoms with E-state index in [4.69, 9.17) is 0 Å². The van der Waals surface area contributed by atoms with Gasteiger partial charge in [0, 0.05) is 25.3 Å². The molecule has 1 aliphatic heterocycles. The van der Waals surface area contributed by atoms with Crippen LogP contribution in [-0.4, -0.2) is 46.9 Å². The number of piperidine rings is 1. The summed E-state index contributed by atoms with van der Waals surface area (Å²) in [5.41, 5.74) is 0.477. The summed E-state index contributed by atoms with van der Waals surface area (Å²) in [6, 6.07) is 3.57. The van der Waals surface area contributed by atoms with Gasteiger partial charge in [-0.25, -0.2) is 4.98 Å². The molecular weight excluding hydrogens is 292 g/mol. The molecule has 2 amide bonds. The van der Waals surface area contributed by atoms with Crippen LogP contribution in [0.2, 0.25) is 0 Å². The molecule has 1 aliphatic carbocycles. The second-order valence-electron chi connectivity index (χ2n) is 6.43. The average Bonchev–Trinajstić information content (AvgIpc) is 3.39. The summed E-state index contributed by atoms with van der Waals surface area (Å²) in [6.07, 6.45) is 7.19. The van der Waals surface area contributed by atoms with Gasteiger partial charge in [0.25, 0.3) is 5.91 Å². The van der Waals surface area contributed by atoms with E-state index in [0.29, 0.717) is 11.6 Å². The summed E-state index contributed by atoms with van der Waals surface area (Å²) in [7, 11) is 0. The number of rotatable bonds is 5. The van der Waals surface area contributed by atoms with Crippen molar-refractivity contribution in [1.29, 1.82) is 0 Å². The Kier molecular flexibility index (Phi) is 4.79. The zero-order valence-electron chi connectivity index (χ0n) is 13.5. The van der Waals surface area contributed by atoms with E-state index in [1.54, 1.807) is 19.2 Å². The minimum atomic E-state index is -0.509. The van der Waals surface area contributed by atoms with Gasteiger partial charge >= 0.3 is 0 Å². The fraction of sp³-hybridized carbons (Fsp3) is 0.588. The second-order valence-corrected chi connectivity index (χ2v) is 6.43. The molecule has 124 valence electrons. The summed E-state index contributed by atoms with van der Waals surface area (Å²) in [4.78, 5) is 30.7. The lowest BCUT2D eigenvalue weighted by Crippen LogP contribution is -2.48. The Labute approximate surface area is 136 Å². The van der Waals surface area contributed by atoms with Crippen LogP contribution in [0.5, 0.6) is 0 Å². The molecule has 1 aromatic heterocycles. The number of amides is 2. The molecular formula is C17H24N4O2. The van der Waals surface area contributed by atoms with Gasteiger partial charge in [-0.15, -0.1) is 0 Å². The average molecular weight is 316 g/mol.